The molecule has 0 saturated carbocycles. The first-order chi connectivity index (χ1) is 8.00. The average Bonchev–Trinajstić information content (AvgIpc) is 2.79. The molecule has 4 nitrogen and oxygen atoms in total. The zero-order chi connectivity index (χ0) is 12.5. The number of nitrogens with zero attached hydrogens (tertiary/aromatic N) is 1. The van der Waals surface area contributed by atoms with Crippen molar-refractivity contribution >= 4 is 5.91 Å². The van der Waals surface area contributed by atoms with Gasteiger partial charge in [-0.3, -0.25) is 10.1 Å². The molecule has 2 aliphatic rings. The molecule has 2 saturated heterocycles. The summed E-state index contributed by atoms with van der Waals surface area (Å²) in [5, 5.41) is 3.30. The molecule has 0 aromatic heterocycles. The SMILES string of the molecule is CC(C)CC1NCC(=O)N1CC1(C)CCCO1. The van der Waals surface area contributed by atoms with Gasteiger partial charge in [-0.25, -0.2) is 0 Å². The van der Waals surface area contributed by atoms with E-state index in [1.807, 2.05) is 4.90 Å². The van der Waals surface area contributed by atoms with Crippen LogP contribution in [-0.4, -0.2) is 42.3 Å². The standard InChI is InChI=1S/C13H24N2O2/c1-10(2)7-11-14-8-12(16)15(11)9-13(3)5-4-6-17-13/h10-11,14H,4-9H2,1-3H3. The fraction of sp³-hybridized carbons (Fsp3) is 0.923. The van der Waals surface area contributed by atoms with Gasteiger partial charge in [0.05, 0.1) is 24.9 Å². The van der Waals surface area contributed by atoms with Gasteiger partial charge < -0.3 is 9.64 Å². The van der Waals surface area contributed by atoms with E-state index in [1.54, 1.807) is 0 Å². The van der Waals surface area contributed by atoms with E-state index in [2.05, 4.69) is 26.1 Å². The lowest BCUT2D eigenvalue weighted by atomic mass is 10.0. The molecule has 2 heterocycles. The molecule has 0 bridgehead atoms. The van der Waals surface area contributed by atoms with Crippen molar-refractivity contribution in [2.45, 2.75) is 51.8 Å². The van der Waals surface area contributed by atoms with Crippen molar-refractivity contribution < 1.29 is 9.53 Å². The second-order valence-corrected chi connectivity index (χ2v) is 5.95. The van der Waals surface area contributed by atoms with Crippen LogP contribution >= 0.6 is 0 Å². The molecule has 0 spiro atoms. The predicted octanol–water partition coefficient (Wildman–Crippen LogP) is 1.36. The minimum Gasteiger partial charge on any atom is -0.373 e. The smallest absolute Gasteiger partial charge is 0.237 e. The Balaban J connectivity index is 1.98. The van der Waals surface area contributed by atoms with Gasteiger partial charge in [0.2, 0.25) is 5.91 Å². The van der Waals surface area contributed by atoms with Gasteiger partial charge in [0.25, 0.3) is 0 Å². The van der Waals surface area contributed by atoms with Gasteiger partial charge >= 0.3 is 0 Å². The van der Waals surface area contributed by atoms with Crippen LogP contribution < -0.4 is 5.32 Å². The summed E-state index contributed by atoms with van der Waals surface area (Å²) in [6, 6.07) is 0. The quantitative estimate of drug-likeness (QED) is 0.806. The number of ether oxygens (including phenoxy) is 1. The van der Waals surface area contributed by atoms with Crippen LogP contribution in [0, 0.1) is 5.92 Å². The number of carbonyl (C=O) groups is 1. The highest BCUT2D eigenvalue weighted by atomic mass is 16.5. The molecule has 2 aliphatic heterocycles. The maximum atomic E-state index is 11.9. The zero-order valence-electron chi connectivity index (χ0n) is 11.2. The van der Waals surface area contributed by atoms with Gasteiger partial charge in [-0.05, 0) is 32.1 Å². The predicted molar refractivity (Wildman–Crippen MR) is 66.5 cm³/mol. The number of hydrogen-bond acceptors (Lipinski definition) is 3. The van der Waals surface area contributed by atoms with E-state index in [9.17, 15) is 4.79 Å². The van der Waals surface area contributed by atoms with E-state index in [0.29, 0.717) is 12.5 Å². The molecule has 2 atom stereocenters. The zero-order valence-corrected chi connectivity index (χ0v) is 11.2. The number of rotatable bonds is 4. The number of amides is 1. The van der Waals surface area contributed by atoms with Gasteiger partial charge in [-0.15, -0.1) is 0 Å². The summed E-state index contributed by atoms with van der Waals surface area (Å²) in [4.78, 5) is 13.9. The Hall–Kier alpha value is -0.610. The van der Waals surface area contributed by atoms with Crippen molar-refractivity contribution in [2.75, 3.05) is 19.7 Å². The van der Waals surface area contributed by atoms with Crippen LogP contribution in [0.25, 0.3) is 0 Å². The number of carbonyl (C=O) groups excluding carboxylic acids is 1. The minimum atomic E-state index is -0.128. The third-order valence-corrected chi connectivity index (χ3v) is 3.69. The van der Waals surface area contributed by atoms with Crippen molar-refractivity contribution in [1.82, 2.24) is 10.2 Å². The average molecular weight is 240 g/mol. The Kier molecular flexibility index (Phi) is 3.73. The van der Waals surface area contributed by atoms with Gasteiger partial charge in [0.1, 0.15) is 0 Å². The van der Waals surface area contributed by atoms with Crippen LogP contribution in [0.5, 0.6) is 0 Å². The van der Waals surface area contributed by atoms with Crippen LogP contribution in [0.3, 0.4) is 0 Å². The molecule has 4 heteroatoms. The molecule has 1 N–H and O–H groups in total. The maximum absolute atomic E-state index is 11.9. The van der Waals surface area contributed by atoms with Crippen molar-refractivity contribution in [2.24, 2.45) is 5.92 Å². The summed E-state index contributed by atoms with van der Waals surface area (Å²) in [7, 11) is 0. The van der Waals surface area contributed by atoms with E-state index >= 15 is 0 Å². The van der Waals surface area contributed by atoms with Crippen LogP contribution in [0.15, 0.2) is 0 Å². The van der Waals surface area contributed by atoms with Gasteiger partial charge in [-0.1, -0.05) is 13.8 Å². The maximum Gasteiger partial charge on any atom is 0.237 e. The monoisotopic (exact) mass is 240 g/mol. The summed E-state index contributed by atoms with van der Waals surface area (Å²) in [6.45, 7) is 8.55. The second-order valence-electron chi connectivity index (χ2n) is 5.95. The number of nitrogens with one attached hydrogen (secondary N) is 1. The Morgan fingerprint density at radius 2 is 2.35 bits per heavy atom. The molecule has 2 unspecified atom stereocenters. The van der Waals surface area contributed by atoms with E-state index in [-0.39, 0.29) is 17.7 Å². The molecule has 2 fully saturated rings. The molecule has 0 aromatic carbocycles. The molecule has 0 radical (unpaired) electrons. The first-order valence-corrected chi connectivity index (χ1v) is 6.67. The molecular formula is C13H24N2O2. The highest BCUT2D eigenvalue weighted by molar-refractivity contribution is 5.80. The fourth-order valence-electron chi connectivity index (χ4n) is 2.77. The molecule has 0 aliphatic carbocycles. The van der Waals surface area contributed by atoms with Crippen molar-refractivity contribution in [3.63, 3.8) is 0 Å². The summed E-state index contributed by atoms with van der Waals surface area (Å²) in [5.74, 6) is 0.811. The lowest BCUT2D eigenvalue weighted by Crippen LogP contribution is -2.47. The molecular weight excluding hydrogens is 216 g/mol. The summed E-state index contributed by atoms with van der Waals surface area (Å²) >= 11 is 0. The molecule has 0 aromatic rings. The molecule has 98 valence electrons. The van der Waals surface area contributed by atoms with E-state index in [0.717, 1.165) is 32.4 Å². The number of hydrogen-bond donors (Lipinski definition) is 1. The van der Waals surface area contributed by atoms with Crippen molar-refractivity contribution in [1.29, 1.82) is 0 Å². The fourth-order valence-corrected chi connectivity index (χ4v) is 2.77. The minimum absolute atomic E-state index is 0.128. The van der Waals surface area contributed by atoms with Gasteiger partial charge in [0.15, 0.2) is 0 Å². The largest absolute Gasteiger partial charge is 0.373 e. The Labute approximate surface area is 104 Å². The van der Waals surface area contributed by atoms with Crippen LogP contribution in [0.1, 0.15) is 40.0 Å². The van der Waals surface area contributed by atoms with E-state index in [4.69, 9.17) is 4.74 Å². The van der Waals surface area contributed by atoms with Crippen LogP contribution in [-0.2, 0) is 9.53 Å². The van der Waals surface area contributed by atoms with Gasteiger partial charge in [-0.2, -0.15) is 0 Å². The topological polar surface area (TPSA) is 41.6 Å². The Morgan fingerprint density at radius 1 is 1.59 bits per heavy atom. The lowest BCUT2D eigenvalue weighted by molar-refractivity contribution is -0.132. The van der Waals surface area contributed by atoms with Gasteiger partial charge in [0, 0.05) is 6.61 Å². The van der Waals surface area contributed by atoms with E-state index < -0.39 is 0 Å². The summed E-state index contributed by atoms with van der Waals surface area (Å²) < 4.78 is 5.78. The highest BCUT2D eigenvalue weighted by Crippen LogP contribution is 2.28. The first-order valence-electron chi connectivity index (χ1n) is 6.67. The Morgan fingerprint density at radius 3 is 2.94 bits per heavy atom. The summed E-state index contributed by atoms with van der Waals surface area (Å²) in [5.41, 5.74) is -0.128. The second kappa shape index (κ2) is 4.94. The lowest BCUT2D eigenvalue weighted by Gasteiger charge is -2.33. The first kappa shape index (κ1) is 12.8. The van der Waals surface area contributed by atoms with E-state index in [1.165, 1.54) is 0 Å². The Bertz CT molecular complexity index is 285. The van der Waals surface area contributed by atoms with Crippen molar-refractivity contribution in [3.8, 4) is 0 Å². The van der Waals surface area contributed by atoms with Crippen molar-refractivity contribution in [3.05, 3.63) is 0 Å². The highest BCUT2D eigenvalue weighted by Gasteiger charge is 2.38. The normalized spacial score (nSPS) is 34.0. The third-order valence-electron chi connectivity index (χ3n) is 3.69. The third kappa shape index (κ3) is 2.99. The van der Waals surface area contributed by atoms with Crippen LogP contribution in [0.4, 0.5) is 0 Å². The molecule has 2 rings (SSSR count). The van der Waals surface area contributed by atoms with Crippen LogP contribution in [0.2, 0.25) is 0 Å². The molecule has 1 amide bonds. The summed E-state index contributed by atoms with van der Waals surface area (Å²) in [6.07, 6.45) is 3.39. The molecule has 17 heavy (non-hydrogen) atoms.